The van der Waals surface area contributed by atoms with Gasteiger partial charge in [-0.1, -0.05) is 18.2 Å². The average molecular weight is 770 g/mol. The SMILES string of the molecule is CSCCC(N)C(=O)O.NC(=O)CCC(N)C(=O)O.NC(Cc1c[nH]c2ccccc12)C(=O)O.NC(Cc1cnc[nH]1)C(=O)O.O=C(O)[C@@H]1CCCN1. The number of benzene rings is 1. The standard InChI is InChI=1S/C11H12N2O2.C6H9N3O2.C5H10N2O3.C5H11NO2S.C5H9NO2/c12-9(11(14)15)5-7-6-13-10-4-2-1-3-8(7)10;7-5(6(10)11)1-4-2-8-3-9-4;6-3(5(9)10)1-2-4(7)8;1-9-3-2-4(6)5(7)8;7-5(8)4-2-1-3-6-4/h1-4,6,9,13H,5,12H2,(H,14,15);2-3,5H,1,7H2,(H,8,9)(H,10,11);3H,1-2,6H2,(H2,7,8)(H,9,10);4H,2-3,6H2,1H3,(H,7,8);4,6H,1-3H2,(H,7,8)/t;;;;4-/m....0/s1. The molecule has 4 unspecified atom stereocenters. The Morgan fingerprint density at radius 3 is 1.85 bits per heavy atom. The Labute approximate surface area is 309 Å². The predicted octanol–water partition coefficient (Wildman–Crippen LogP) is -0.875. The van der Waals surface area contributed by atoms with E-state index in [4.69, 9.17) is 54.2 Å². The zero-order chi connectivity index (χ0) is 40.5. The number of carbonyl (C=O) groups is 6. The smallest absolute Gasteiger partial charge is 0.320 e. The van der Waals surface area contributed by atoms with Gasteiger partial charge in [0.05, 0.1) is 6.33 Å². The number of hydrogen-bond acceptors (Lipinski definition) is 13. The van der Waals surface area contributed by atoms with Gasteiger partial charge in [-0.15, -0.1) is 0 Å². The lowest BCUT2D eigenvalue weighted by molar-refractivity contribution is -0.139. The van der Waals surface area contributed by atoms with Gasteiger partial charge < -0.3 is 69.5 Å². The second-order valence-electron chi connectivity index (χ2n) is 11.4. The van der Waals surface area contributed by atoms with E-state index < -0.39 is 59.9 Å². The zero-order valence-corrected chi connectivity index (χ0v) is 30.0. The topological polar surface area (TPSA) is 390 Å². The molecule has 4 rings (SSSR count). The molecule has 0 radical (unpaired) electrons. The van der Waals surface area contributed by atoms with Crippen LogP contribution in [0.5, 0.6) is 0 Å². The molecule has 1 aliphatic rings. The number of carboxylic acids is 5. The maximum absolute atomic E-state index is 10.6. The highest BCUT2D eigenvalue weighted by Crippen LogP contribution is 2.18. The van der Waals surface area contributed by atoms with Crippen molar-refractivity contribution in [2.45, 2.75) is 75.2 Å². The molecular formula is C32H51N9O11S. The van der Waals surface area contributed by atoms with Crippen LogP contribution in [0.4, 0.5) is 0 Å². The first-order chi connectivity index (χ1) is 24.9. The van der Waals surface area contributed by atoms with Crippen LogP contribution < -0.4 is 34.0 Å². The number of nitrogens with zero attached hydrogens (tertiary/aromatic N) is 1. The summed E-state index contributed by atoms with van der Waals surface area (Å²) in [5.41, 5.74) is 28.4. The number of carboxylic acid groups (broad SMARTS) is 5. The molecular weight excluding hydrogens is 718 g/mol. The lowest BCUT2D eigenvalue weighted by Gasteiger charge is -2.04. The summed E-state index contributed by atoms with van der Waals surface area (Å²) in [6, 6.07) is 4.13. The van der Waals surface area contributed by atoms with Gasteiger partial charge in [-0.3, -0.25) is 28.8 Å². The van der Waals surface area contributed by atoms with Crippen LogP contribution in [0.3, 0.4) is 0 Å². The van der Waals surface area contributed by atoms with E-state index in [0.717, 1.165) is 47.3 Å². The molecule has 1 aliphatic heterocycles. The van der Waals surface area contributed by atoms with Crippen molar-refractivity contribution in [3.8, 4) is 0 Å². The number of thioether (sulfide) groups is 1. The lowest BCUT2D eigenvalue weighted by atomic mass is 10.1. The van der Waals surface area contributed by atoms with Gasteiger partial charge in [-0.2, -0.15) is 11.8 Å². The van der Waals surface area contributed by atoms with E-state index >= 15 is 0 Å². The highest BCUT2D eigenvalue weighted by Gasteiger charge is 2.20. The summed E-state index contributed by atoms with van der Waals surface area (Å²) < 4.78 is 0. The summed E-state index contributed by atoms with van der Waals surface area (Å²) in [5, 5.41) is 45.9. The van der Waals surface area contributed by atoms with Gasteiger partial charge in [0.25, 0.3) is 0 Å². The molecule has 0 bridgehead atoms. The Hall–Kier alpha value is -5.06. The first kappa shape index (κ1) is 47.9. The van der Waals surface area contributed by atoms with Crippen LogP contribution in [-0.2, 0) is 41.6 Å². The van der Waals surface area contributed by atoms with E-state index in [1.165, 1.54) is 6.33 Å². The van der Waals surface area contributed by atoms with Crippen LogP contribution in [0.25, 0.3) is 10.9 Å². The zero-order valence-electron chi connectivity index (χ0n) is 29.2. The van der Waals surface area contributed by atoms with Crippen molar-refractivity contribution >= 4 is 58.4 Å². The Kier molecular flexibility index (Phi) is 24.1. The van der Waals surface area contributed by atoms with Gasteiger partial charge in [0.1, 0.15) is 30.2 Å². The van der Waals surface area contributed by atoms with Crippen molar-refractivity contribution in [1.29, 1.82) is 0 Å². The molecule has 2 aromatic heterocycles. The second-order valence-corrected chi connectivity index (χ2v) is 12.4. The molecule has 3 heterocycles. The van der Waals surface area contributed by atoms with Crippen LogP contribution in [0.15, 0.2) is 43.0 Å². The summed E-state index contributed by atoms with van der Waals surface area (Å²) in [7, 11) is 0. The maximum Gasteiger partial charge on any atom is 0.320 e. The van der Waals surface area contributed by atoms with Gasteiger partial charge in [0.15, 0.2) is 0 Å². The van der Waals surface area contributed by atoms with Crippen LogP contribution >= 0.6 is 11.8 Å². The first-order valence-electron chi connectivity index (χ1n) is 16.1. The Bertz CT molecular complexity index is 1550. The van der Waals surface area contributed by atoms with Gasteiger partial charge in [0.2, 0.25) is 5.91 Å². The summed E-state index contributed by atoms with van der Waals surface area (Å²) in [5.74, 6) is -4.43. The van der Waals surface area contributed by atoms with Gasteiger partial charge in [0, 0.05) is 48.3 Å². The molecule has 296 valence electrons. The Morgan fingerprint density at radius 2 is 1.40 bits per heavy atom. The summed E-state index contributed by atoms with van der Waals surface area (Å²) in [6.07, 6.45) is 9.88. The minimum Gasteiger partial charge on any atom is -0.480 e. The molecule has 0 spiro atoms. The van der Waals surface area contributed by atoms with Crippen molar-refractivity contribution in [3.05, 3.63) is 54.2 Å². The van der Waals surface area contributed by atoms with Crippen molar-refractivity contribution in [2.75, 3.05) is 18.6 Å². The number of H-pyrrole nitrogens is 2. The largest absolute Gasteiger partial charge is 0.480 e. The van der Waals surface area contributed by atoms with Crippen molar-refractivity contribution in [1.82, 2.24) is 20.3 Å². The number of amides is 1. The number of carbonyl (C=O) groups excluding carboxylic acids is 1. The number of nitrogens with two attached hydrogens (primary N) is 5. The van der Waals surface area contributed by atoms with Crippen molar-refractivity contribution in [3.63, 3.8) is 0 Å². The molecule has 1 amide bonds. The highest BCUT2D eigenvalue weighted by atomic mass is 32.2. The summed E-state index contributed by atoms with van der Waals surface area (Å²) >= 11 is 1.60. The number of para-hydroxylation sites is 1. The third-order valence-corrected chi connectivity index (χ3v) is 7.72. The monoisotopic (exact) mass is 769 g/mol. The number of rotatable bonds is 15. The second kappa shape index (κ2) is 26.7. The maximum atomic E-state index is 10.6. The van der Waals surface area contributed by atoms with Crippen LogP contribution in [0, 0.1) is 0 Å². The number of hydrogen-bond donors (Lipinski definition) is 13. The summed E-state index contributed by atoms with van der Waals surface area (Å²) in [6.45, 7) is 0.858. The van der Waals surface area contributed by atoms with Gasteiger partial charge >= 0.3 is 29.8 Å². The molecule has 0 saturated carbocycles. The van der Waals surface area contributed by atoms with E-state index in [1.54, 1.807) is 18.0 Å². The number of aromatic amines is 2. The minimum atomic E-state index is -1.11. The van der Waals surface area contributed by atoms with E-state index in [-0.39, 0.29) is 25.3 Å². The minimum absolute atomic E-state index is 0.0213. The molecule has 3 aromatic rings. The highest BCUT2D eigenvalue weighted by molar-refractivity contribution is 7.98. The van der Waals surface area contributed by atoms with Crippen LogP contribution in [0.2, 0.25) is 0 Å². The van der Waals surface area contributed by atoms with Crippen LogP contribution in [0.1, 0.15) is 43.4 Å². The lowest BCUT2D eigenvalue weighted by Crippen LogP contribution is -2.32. The van der Waals surface area contributed by atoms with Gasteiger partial charge in [-0.25, -0.2) is 4.98 Å². The third kappa shape index (κ3) is 21.8. The van der Waals surface area contributed by atoms with Gasteiger partial charge in [-0.05, 0) is 55.9 Å². The summed E-state index contributed by atoms with van der Waals surface area (Å²) in [4.78, 5) is 70.8. The van der Waals surface area contributed by atoms with E-state index in [0.29, 0.717) is 12.8 Å². The van der Waals surface area contributed by atoms with E-state index in [1.807, 2.05) is 36.7 Å². The van der Waals surface area contributed by atoms with E-state index in [2.05, 4.69) is 20.3 Å². The number of aromatic nitrogens is 3. The van der Waals surface area contributed by atoms with E-state index in [9.17, 15) is 28.8 Å². The van der Waals surface area contributed by atoms with Crippen molar-refractivity contribution in [2.24, 2.45) is 28.7 Å². The fourth-order valence-electron chi connectivity index (χ4n) is 4.03. The predicted molar refractivity (Wildman–Crippen MR) is 197 cm³/mol. The number of nitrogens with one attached hydrogen (secondary N) is 3. The Morgan fingerprint density at radius 1 is 0.830 bits per heavy atom. The molecule has 1 fully saturated rings. The first-order valence-corrected chi connectivity index (χ1v) is 17.5. The van der Waals surface area contributed by atoms with Crippen LogP contribution in [-0.4, -0.2) is 125 Å². The number of primary amides is 1. The number of imidazole rings is 1. The fraction of sp³-hybridized carbons (Fsp3) is 0.469. The quantitative estimate of drug-likeness (QED) is 0.0892. The molecule has 1 aromatic carbocycles. The molecule has 5 atom stereocenters. The molecule has 18 N–H and O–H groups in total. The Balaban J connectivity index is 0.000000651. The average Bonchev–Trinajstić information content (AvgIpc) is 3.91. The number of aliphatic carboxylic acids is 5. The molecule has 1 saturated heterocycles. The molecule has 0 aliphatic carbocycles. The third-order valence-electron chi connectivity index (χ3n) is 7.07. The number of fused-ring (bicyclic) bond motifs is 1. The normalized spacial score (nSPS) is 15.2. The molecule has 20 nitrogen and oxygen atoms in total. The fourth-order valence-corrected chi connectivity index (χ4v) is 4.52. The van der Waals surface area contributed by atoms with Crippen molar-refractivity contribution < 1.29 is 54.3 Å². The molecule has 53 heavy (non-hydrogen) atoms. The molecule has 21 heteroatoms.